The number of guanidine groups is 1. The third-order valence-electron chi connectivity index (χ3n) is 22.4. The number of nitrogens with two attached hydrogens (primary N) is 2. The maximum absolute atomic E-state index is 15.5. The SMILES string of the molecule is CC[C@]1(O)C[C@H]2CN(CCc3c([nH]c4ccccc34)[C@@](COC=O)(c3cc4c(cc3OC)N(C)[C@H]3[C@@](O)(C(=O)N/N=C(/C)c5ccc(N6C(=O)CC(SCCCC(=O)[C@H](C)NC(=O)[C@H](CCCN=C(N)N)CC(=O)C(C)C)C6=O)cc5)[C@H](O)[C@]5(CC)C=CCN6CC[C@]43[C@@H]65)C2)C1. The number of Topliss-reactive ketones (excluding diaryl/α,β-unsaturated/α-hetero) is 2. The summed E-state index contributed by atoms with van der Waals surface area (Å²) >= 11 is 1.29. The van der Waals surface area contributed by atoms with E-state index in [4.69, 9.17) is 20.9 Å². The Balaban J connectivity index is 0.827. The Morgan fingerprint density at radius 3 is 2.43 bits per heavy atom. The number of nitrogens with one attached hydrogen (secondary N) is 3. The maximum Gasteiger partial charge on any atom is 0.293 e. The van der Waals surface area contributed by atoms with Gasteiger partial charge in [0.15, 0.2) is 17.3 Å². The van der Waals surface area contributed by atoms with Gasteiger partial charge in [0.25, 0.3) is 12.4 Å². The minimum Gasteiger partial charge on any atom is -0.496 e. The van der Waals surface area contributed by atoms with Crippen LogP contribution >= 0.6 is 11.8 Å². The molecule has 23 nitrogen and oxygen atoms in total. The number of hydrazone groups is 1. The number of carbonyl (C=O) groups excluding carboxylic acids is 7. The number of likely N-dealkylation sites (N-methyl/N-ethyl adjacent to an activating group) is 1. The Hall–Kier alpha value is -7.48. The van der Waals surface area contributed by atoms with E-state index in [2.05, 4.69) is 53.8 Å². The molecule has 7 heterocycles. The van der Waals surface area contributed by atoms with Gasteiger partial charge < -0.3 is 51.5 Å². The number of rotatable bonds is 26. The van der Waals surface area contributed by atoms with Crippen molar-refractivity contribution in [3.05, 3.63) is 101 Å². The van der Waals surface area contributed by atoms with E-state index in [9.17, 15) is 44.1 Å². The van der Waals surface area contributed by atoms with Crippen molar-refractivity contribution >= 4 is 87.4 Å². The number of ketones is 2. The number of amides is 4. The van der Waals surface area contributed by atoms with Gasteiger partial charge >= 0.3 is 0 Å². The van der Waals surface area contributed by atoms with Crippen LogP contribution in [-0.4, -0.2) is 190 Å². The Kier molecular flexibility index (Phi) is 20.2. The van der Waals surface area contributed by atoms with Crippen molar-refractivity contribution in [1.82, 2.24) is 25.5 Å². The molecule has 2 bridgehead atoms. The standard InChI is InChI=1S/C72H95N11O12S/c1-9-68(92)36-45-37-70(40-95-41-84,60-50(24-29-81(38-45)39-68)49-17-11-12-18-53(49)77-60)52-33-51-54(34-57(52)94-8)80(7)64-71(51)26-30-82-28-15-25-69(10-2,63(71)82)65(90)72(64,93)66(91)79-78-43(5)46-20-22-48(23-21-46)83-59(87)35-58(62(83)89)96-31-14-19-55(85)44(6)76-61(88)47(32-56(86)42(3)4)16-13-27-75-67(73)74/h11-12,15,17-18,20-23,25,33-34,41-42,44-45,47,58,63-65,77,90,92-93H,9-10,13-14,16,19,24,26-32,35-40H2,1-8H3,(H,76,88)(H,79,91)(H4,73,74,75)/b78-43-/t44-,45+,47+,58?,63-,64+,65+,68-,69+,70-,71+,72-/m0/s1. The molecule has 1 aliphatic carbocycles. The number of imide groups is 1. The van der Waals surface area contributed by atoms with Crippen molar-refractivity contribution in [3.63, 3.8) is 0 Å². The molecular formula is C72H95N11O12S. The molecule has 516 valence electrons. The van der Waals surface area contributed by atoms with Gasteiger partial charge in [-0.3, -0.25) is 48.4 Å². The van der Waals surface area contributed by atoms with Crippen molar-refractivity contribution in [1.29, 1.82) is 0 Å². The Morgan fingerprint density at radius 1 is 0.958 bits per heavy atom. The zero-order valence-electron chi connectivity index (χ0n) is 56.5. The largest absolute Gasteiger partial charge is 0.496 e. The fourth-order valence-electron chi connectivity index (χ4n) is 17.7. The summed E-state index contributed by atoms with van der Waals surface area (Å²) in [6.07, 6.45) is 6.91. The number of H-pyrrole nitrogens is 1. The number of fused-ring (bicyclic) bond motifs is 6. The number of aromatic amines is 1. The highest BCUT2D eigenvalue weighted by molar-refractivity contribution is 8.00. The number of carbonyl (C=O) groups is 7. The molecule has 1 spiro atoms. The molecule has 7 aliphatic rings. The van der Waals surface area contributed by atoms with Gasteiger partial charge in [-0.25, -0.2) is 10.3 Å². The highest BCUT2D eigenvalue weighted by Crippen LogP contribution is 2.68. The van der Waals surface area contributed by atoms with Gasteiger partial charge in [-0.15, -0.1) is 11.8 Å². The second-order valence-corrected chi connectivity index (χ2v) is 29.6. The van der Waals surface area contributed by atoms with E-state index < -0.39 is 74.5 Å². The van der Waals surface area contributed by atoms with Gasteiger partial charge in [-0.05, 0) is 131 Å². The van der Waals surface area contributed by atoms with Crippen molar-refractivity contribution in [2.75, 3.05) is 75.6 Å². The number of nitrogens with zero attached hydrogens (tertiary/aromatic N) is 6. The van der Waals surface area contributed by atoms with Gasteiger partial charge in [0.05, 0.1) is 46.9 Å². The highest BCUT2D eigenvalue weighted by atomic mass is 32.2. The molecular weight excluding hydrogens is 1240 g/mol. The molecule has 13 atom stereocenters. The summed E-state index contributed by atoms with van der Waals surface area (Å²) in [5, 5.41) is 46.9. The molecule has 6 aliphatic heterocycles. The lowest BCUT2D eigenvalue weighted by atomic mass is 9.47. The normalized spacial score (nSPS) is 29.7. The van der Waals surface area contributed by atoms with E-state index in [0.717, 1.165) is 50.4 Å². The number of aliphatic hydroxyl groups excluding tert-OH is 1. The fourth-order valence-corrected chi connectivity index (χ4v) is 18.8. The summed E-state index contributed by atoms with van der Waals surface area (Å²) in [6, 6.07) is 16.8. The van der Waals surface area contributed by atoms with Crippen molar-refractivity contribution < 1.29 is 58.4 Å². The molecule has 3 saturated heterocycles. The molecule has 4 amide bonds. The van der Waals surface area contributed by atoms with Crippen molar-refractivity contribution in [3.8, 4) is 5.75 Å². The van der Waals surface area contributed by atoms with Crippen LogP contribution in [0.4, 0.5) is 11.4 Å². The average molecular weight is 1340 g/mol. The zero-order chi connectivity index (χ0) is 68.8. The number of anilines is 2. The first-order valence-electron chi connectivity index (χ1n) is 34.1. The average Bonchev–Trinajstić information content (AvgIpc) is 1.46. The van der Waals surface area contributed by atoms with E-state index in [-0.39, 0.29) is 67.2 Å². The number of para-hydroxylation sites is 1. The molecule has 96 heavy (non-hydrogen) atoms. The van der Waals surface area contributed by atoms with Crippen LogP contribution in [0.5, 0.6) is 5.75 Å². The number of thioether (sulfide) groups is 1. The van der Waals surface area contributed by atoms with Crippen LogP contribution in [0.3, 0.4) is 0 Å². The lowest BCUT2D eigenvalue weighted by Crippen LogP contribution is -2.81. The molecule has 10 N–H and O–H groups in total. The molecule has 0 radical (unpaired) electrons. The third kappa shape index (κ3) is 12.3. The van der Waals surface area contributed by atoms with E-state index in [1.807, 2.05) is 56.1 Å². The number of hydrogen-bond donors (Lipinski definition) is 8. The molecule has 4 aromatic rings. The summed E-state index contributed by atoms with van der Waals surface area (Å²) in [5.41, 5.74) is 13.5. The number of methoxy groups -OCH3 is 1. The summed E-state index contributed by atoms with van der Waals surface area (Å²) in [5.74, 6) is -2.43. The van der Waals surface area contributed by atoms with E-state index in [0.29, 0.717) is 125 Å². The van der Waals surface area contributed by atoms with Gasteiger partial charge in [0.1, 0.15) is 24.2 Å². The first kappa shape index (κ1) is 69.9. The third-order valence-corrected chi connectivity index (χ3v) is 23.7. The lowest BCUT2D eigenvalue weighted by molar-refractivity contribution is -0.203. The van der Waals surface area contributed by atoms with Crippen LogP contribution in [0.1, 0.15) is 140 Å². The topological polar surface area (TPSA) is 328 Å². The predicted molar refractivity (Wildman–Crippen MR) is 369 cm³/mol. The van der Waals surface area contributed by atoms with Crippen LogP contribution in [0, 0.1) is 23.2 Å². The van der Waals surface area contributed by atoms with Gasteiger partial charge in [0.2, 0.25) is 17.7 Å². The quantitative estimate of drug-likeness (QED) is 0.00753. The number of ether oxygens (including phenoxy) is 2. The van der Waals surface area contributed by atoms with Gasteiger partial charge in [0, 0.05) is 122 Å². The number of aliphatic imine (C=N–C) groups is 1. The smallest absolute Gasteiger partial charge is 0.293 e. The van der Waals surface area contributed by atoms with Crippen molar-refractivity contribution in [2.24, 2.45) is 44.7 Å². The number of benzene rings is 3. The Bertz CT molecular complexity index is 3760. The minimum atomic E-state index is -2.50. The van der Waals surface area contributed by atoms with E-state index in [1.54, 1.807) is 59.1 Å². The summed E-state index contributed by atoms with van der Waals surface area (Å²) < 4.78 is 12.6. The molecule has 24 heteroatoms. The monoisotopic (exact) mass is 1340 g/mol. The second-order valence-electron chi connectivity index (χ2n) is 28.3. The predicted octanol–water partition coefficient (Wildman–Crippen LogP) is 5.29. The lowest BCUT2D eigenvalue weighted by Gasteiger charge is -2.63. The molecule has 4 fully saturated rings. The Morgan fingerprint density at radius 2 is 1.72 bits per heavy atom. The minimum absolute atomic E-state index is 0.0346. The van der Waals surface area contributed by atoms with Crippen LogP contribution in [0.25, 0.3) is 10.9 Å². The number of piperidine rings is 1. The number of hydrogen-bond acceptors (Lipinski definition) is 18. The maximum atomic E-state index is 15.5. The number of aliphatic hydroxyl groups is 3. The van der Waals surface area contributed by atoms with Gasteiger partial charge in [-0.1, -0.05) is 70.2 Å². The fraction of sp³-hybridized carbons (Fsp3) is 0.569. The van der Waals surface area contributed by atoms with E-state index in [1.165, 1.54) is 11.8 Å². The summed E-state index contributed by atoms with van der Waals surface area (Å²) in [6.45, 7) is 14.8. The first-order valence-corrected chi connectivity index (χ1v) is 35.1. The summed E-state index contributed by atoms with van der Waals surface area (Å²) in [7, 11) is 3.48. The first-order chi connectivity index (χ1) is 45.8. The van der Waals surface area contributed by atoms with Crippen LogP contribution < -0.4 is 36.7 Å². The van der Waals surface area contributed by atoms with Crippen molar-refractivity contribution in [2.45, 2.75) is 170 Å². The van der Waals surface area contributed by atoms with Crippen LogP contribution in [-0.2, 0) is 55.5 Å². The molecule has 1 saturated carbocycles. The van der Waals surface area contributed by atoms with E-state index >= 15 is 4.79 Å². The molecule has 1 aromatic heterocycles. The number of aromatic nitrogens is 1. The van der Waals surface area contributed by atoms with Gasteiger partial charge in [-0.2, -0.15) is 5.10 Å². The zero-order valence-corrected chi connectivity index (χ0v) is 57.3. The Labute approximate surface area is 565 Å². The molecule has 2 unspecified atom stereocenters. The van der Waals surface area contributed by atoms with Crippen LogP contribution in [0.15, 0.2) is 82.9 Å². The molecule has 3 aromatic carbocycles. The molecule has 11 rings (SSSR count). The second kappa shape index (κ2) is 27.8. The summed E-state index contributed by atoms with van der Waals surface area (Å²) in [4.78, 5) is 110. The highest BCUT2D eigenvalue weighted by Gasteiger charge is 2.79. The van der Waals surface area contributed by atoms with Crippen LogP contribution in [0.2, 0.25) is 0 Å².